The van der Waals surface area contributed by atoms with Gasteiger partial charge in [0.2, 0.25) is 0 Å². The summed E-state index contributed by atoms with van der Waals surface area (Å²) in [4.78, 5) is 11.8. The van der Waals surface area contributed by atoms with Gasteiger partial charge < -0.3 is 0 Å². The molecule has 0 bridgehead atoms. The van der Waals surface area contributed by atoms with Crippen LogP contribution in [0.5, 0.6) is 0 Å². The van der Waals surface area contributed by atoms with Gasteiger partial charge in [-0.15, -0.1) is 0 Å². The van der Waals surface area contributed by atoms with Gasteiger partial charge in [-0.1, -0.05) is 19.3 Å². The fourth-order valence-electron chi connectivity index (χ4n) is 2.65. The third-order valence-electron chi connectivity index (χ3n) is 3.73. The summed E-state index contributed by atoms with van der Waals surface area (Å²) in [5, 5.41) is 4.33. The van der Waals surface area contributed by atoms with E-state index >= 15 is 0 Å². The molecule has 0 saturated heterocycles. The maximum Gasteiger partial charge on any atom is 0.266 e. The van der Waals surface area contributed by atoms with Crippen molar-refractivity contribution < 1.29 is 0 Å². The van der Waals surface area contributed by atoms with E-state index in [4.69, 9.17) is 0 Å². The summed E-state index contributed by atoms with van der Waals surface area (Å²) < 4.78 is 1.62. The molecule has 17 heavy (non-hydrogen) atoms. The average Bonchev–Trinajstić information content (AvgIpc) is 2.35. The summed E-state index contributed by atoms with van der Waals surface area (Å²) in [5.41, 5.74) is 1.07. The van der Waals surface area contributed by atoms with Gasteiger partial charge in [0.1, 0.15) is 0 Å². The Kier molecular flexibility index (Phi) is 3.92. The molecule has 0 N–H and O–H groups in total. The van der Waals surface area contributed by atoms with Crippen molar-refractivity contribution in [1.82, 2.24) is 9.78 Å². The third-order valence-corrected chi connectivity index (χ3v) is 4.41. The molecule has 94 valence electrons. The summed E-state index contributed by atoms with van der Waals surface area (Å²) in [6.45, 7) is 2.64. The molecule has 0 aromatic carbocycles. The summed E-state index contributed by atoms with van der Waals surface area (Å²) in [5.74, 6) is 0.842. The number of nitrogens with zero attached hydrogens (tertiary/aromatic N) is 2. The largest absolute Gasteiger partial charge is 0.268 e. The Bertz CT molecular complexity index is 435. The van der Waals surface area contributed by atoms with E-state index in [-0.39, 0.29) is 11.0 Å². The van der Waals surface area contributed by atoms with Crippen molar-refractivity contribution in [1.29, 1.82) is 0 Å². The lowest BCUT2D eigenvalue weighted by Gasteiger charge is -2.36. The summed E-state index contributed by atoms with van der Waals surface area (Å²) in [6, 6.07) is 3.38. The van der Waals surface area contributed by atoms with Gasteiger partial charge >= 0.3 is 0 Å². The lowest BCUT2D eigenvalue weighted by molar-refractivity contribution is 0.179. The van der Waals surface area contributed by atoms with E-state index in [2.05, 4.69) is 17.7 Å². The Labute approximate surface area is 108 Å². The molecule has 0 aliphatic heterocycles. The molecule has 3 nitrogen and oxygen atoms in total. The minimum absolute atomic E-state index is 0.00216. The van der Waals surface area contributed by atoms with Gasteiger partial charge in [0.15, 0.2) is 0 Å². The Morgan fingerprint density at radius 2 is 2.06 bits per heavy atom. The van der Waals surface area contributed by atoms with E-state index in [9.17, 15) is 4.79 Å². The molecule has 0 unspecified atom stereocenters. The molecule has 0 spiro atoms. The lowest BCUT2D eigenvalue weighted by Crippen LogP contribution is -2.36. The molecule has 1 aliphatic rings. The predicted octanol–water partition coefficient (Wildman–Crippen LogP) is 2.43. The quantitative estimate of drug-likeness (QED) is 0.839. The Balaban J connectivity index is 2.23. The first-order valence-corrected chi connectivity index (χ1v) is 6.94. The number of rotatable bonds is 3. The van der Waals surface area contributed by atoms with Crippen molar-refractivity contribution in [3.8, 4) is 0 Å². The Morgan fingerprint density at radius 3 is 2.71 bits per heavy atom. The number of aryl methyl sites for hydroxylation is 1. The van der Waals surface area contributed by atoms with Gasteiger partial charge in [-0.3, -0.25) is 4.79 Å². The van der Waals surface area contributed by atoms with Crippen LogP contribution in [-0.4, -0.2) is 15.5 Å². The van der Waals surface area contributed by atoms with Gasteiger partial charge in [-0.25, -0.2) is 4.68 Å². The van der Waals surface area contributed by atoms with Crippen LogP contribution in [-0.2, 0) is 6.54 Å². The monoisotopic (exact) mass is 252 g/mol. The predicted molar refractivity (Wildman–Crippen MR) is 72.6 cm³/mol. The van der Waals surface area contributed by atoms with Crippen molar-refractivity contribution in [2.45, 2.75) is 45.6 Å². The zero-order valence-corrected chi connectivity index (χ0v) is 11.2. The maximum absolute atomic E-state index is 11.8. The van der Waals surface area contributed by atoms with Gasteiger partial charge in [-0.05, 0) is 37.0 Å². The molecule has 0 atom stereocenters. The number of thiol groups is 1. The maximum atomic E-state index is 11.8. The molecular weight excluding hydrogens is 232 g/mol. The first-order valence-electron chi connectivity index (χ1n) is 6.31. The van der Waals surface area contributed by atoms with Crippen molar-refractivity contribution in [2.75, 3.05) is 5.75 Å². The van der Waals surface area contributed by atoms with Crippen molar-refractivity contribution in [2.24, 2.45) is 5.41 Å². The normalized spacial score (nSPS) is 19.2. The van der Waals surface area contributed by atoms with Gasteiger partial charge in [-0.2, -0.15) is 17.7 Å². The second-order valence-corrected chi connectivity index (χ2v) is 5.51. The summed E-state index contributed by atoms with van der Waals surface area (Å²) >= 11 is 4.50. The lowest BCUT2D eigenvalue weighted by atomic mass is 9.75. The van der Waals surface area contributed by atoms with E-state index in [0.29, 0.717) is 0 Å². The van der Waals surface area contributed by atoms with Crippen LogP contribution in [0.15, 0.2) is 16.9 Å². The summed E-state index contributed by atoms with van der Waals surface area (Å²) in [6.07, 6.45) is 6.14. The molecule has 0 radical (unpaired) electrons. The van der Waals surface area contributed by atoms with Crippen LogP contribution in [0.1, 0.15) is 37.8 Å². The standard InChI is InChI=1S/C13H20N2OS/c1-11-5-6-12(16)15(14-11)9-13(10-17)7-3-2-4-8-13/h5-6,17H,2-4,7-10H2,1H3. The fourth-order valence-corrected chi connectivity index (χ4v) is 3.07. The molecule has 4 heteroatoms. The molecule has 1 fully saturated rings. The van der Waals surface area contributed by atoms with Gasteiger partial charge in [0, 0.05) is 6.07 Å². The smallest absolute Gasteiger partial charge is 0.266 e. The number of hydrogen-bond acceptors (Lipinski definition) is 3. The van der Waals surface area contributed by atoms with Crippen LogP contribution in [0, 0.1) is 12.3 Å². The van der Waals surface area contributed by atoms with Crippen LogP contribution in [0.3, 0.4) is 0 Å². The highest BCUT2D eigenvalue weighted by atomic mass is 32.1. The van der Waals surface area contributed by atoms with Gasteiger partial charge in [0.05, 0.1) is 12.2 Å². The minimum atomic E-state index is 0.00216. The molecule has 1 aromatic heterocycles. The third kappa shape index (κ3) is 2.92. The van der Waals surface area contributed by atoms with Crippen LogP contribution in [0.2, 0.25) is 0 Å². The SMILES string of the molecule is Cc1ccc(=O)n(CC2(CS)CCCCC2)n1. The summed E-state index contributed by atoms with van der Waals surface area (Å²) in [7, 11) is 0. The average molecular weight is 252 g/mol. The van der Waals surface area contributed by atoms with Gasteiger partial charge in [0.25, 0.3) is 5.56 Å². The van der Waals surface area contributed by atoms with E-state index in [1.54, 1.807) is 16.8 Å². The number of aromatic nitrogens is 2. The van der Waals surface area contributed by atoms with Crippen LogP contribution >= 0.6 is 12.6 Å². The van der Waals surface area contributed by atoms with Crippen LogP contribution in [0.25, 0.3) is 0 Å². The fraction of sp³-hybridized carbons (Fsp3) is 0.692. The topological polar surface area (TPSA) is 34.9 Å². The zero-order valence-electron chi connectivity index (χ0n) is 10.4. The molecule has 1 heterocycles. The van der Waals surface area contributed by atoms with E-state index in [1.165, 1.54) is 32.1 Å². The van der Waals surface area contributed by atoms with Crippen LogP contribution in [0.4, 0.5) is 0 Å². The molecule has 1 aromatic rings. The van der Waals surface area contributed by atoms with Crippen LogP contribution < -0.4 is 5.56 Å². The highest BCUT2D eigenvalue weighted by Gasteiger charge is 2.31. The highest BCUT2D eigenvalue weighted by Crippen LogP contribution is 2.38. The Hall–Kier alpha value is -0.770. The van der Waals surface area contributed by atoms with E-state index < -0.39 is 0 Å². The zero-order chi connectivity index (χ0) is 12.3. The van der Waals surface area contributed by atoms with Crippen molar-refractivity contribution >= 4 is 12.6 Å². The first kappa shape index (κ1) is 12.7. The molecule has 1 saturated carbocycles. The Morgan fingerprint density at radius 1 is 1.35 bits per heavy atom. The second-order valence-electron chi connectivity index (χ2n) is 5.19. The second kappa shape index (κ2) is 5.25. The highest BCUT2D eigenvalue weighted by molar-refractivity contribution is 7.80. The molecular formula is C13H20N2OS. The molecule has 2 rings (SSSR count). The first-order chi connectivity index (χ1) is 8.15. The molecule has 1 aliphatic carbocycles. The number of hydrogen-bond donors (Lipinski definition) is 1. The van der Waals surface area contributed by atoms with Crippen molar-refractivity contribution in [3.05, 3.63) is 28.2 Å². The van der Waals surface area contributed by atoms with E-state index in [0.717, 1.165) is 18.0 Å². The molecule has 0 amide bonds. The van der Waals surface area contributed by atoms with E-state index in [1.807, 2.05) is 6.92 Å². The minimum Gasteiger partial charge on any atom is -0.268 e. The van der Waals surface area contributed by atoms with Crippen molar-refractivity contribution in [3.63, 3.8) is 0 Å².